The molecule has 0 unspecified atom stereocenters. The third kappa shape index (κ3) is 9.21. The van der Waals surface area contributed by atoms with Crippen LogP contribution < -0.4 is 0 Å². The molecule has 0 amide bonds. The van der Waals surface area contributed by atoms with Gasteiger partial charge in [0.25, 0.3) is 0 Å². The molecule has 0 bridgehead atoms. The molecule has 4 aromatic rings. The van der Waals surface area contributed by atoms with Crippen LogP contribution in [-0.4, -0.2) is 27.8 Å². The Bertz CT molecular complexity index is 1460. The van der Waals surface area contributed by atoms with Gasteiger partial charge in [-0.1, -0.05) is 72.8 Å². The Morgan fingerprint density at radius 2 is 1.45 bits per heavy atom. The molecule has 0 aliphatic heterocycles. The highest BCUT2D eigenvalue weighted by molar-refractivity contribution is 6.01. The molecule has 1 heterocycles. The number of Topliss-reactive ketones (excluding diaryl/α,β-unsaturated/α-hetero) is 2. The lowest BCUT2D eigenvalue weighted by atomic mass is 9.85. The molecule has 0 saturated carbocycles. The fourth-order valence-electron chi connectivity index (χ4n) is 5.07. The van der Waals surface area contributed by atoms with Crippen LogP contribution in [0, 0.1) is 5.92 Å². The van der Waals surface area contributed by atoms with Crippen molar-refractivity contribution in [3.05, 3.63) is 137 Å². The summed E-state index contributed by atoms with van der Waals surface area (Å²) in [7, 11) is 0. The second-order valence-electron chi connectivity index (χ2n) is 10.6. The predicted molar refractivity (Wildman–Crippen MR) is 156 cm³/mol. The normalized spacial score (nSPS) is 13.0. The molecule has 42 heavy (non-hydrogen) atoms. The molecule has 0 aliphatic rings. The van der Waals surface area contributed by atoms with Crippen molar-refractivity contribution in [3.8, 4) is 0 Å². The largest absolute Gasteiger partial charge is 0.416 e. The maximum absolute atomic E-state index is 13.4. The van der Waals surface area contributed by atoms with Gasteiger partial charge in [0.2, 0.25) is 0 Å². The summed E-state index contributed by atoms with van der Waals surface area (Å²) < 4.78 is 39.2. The predicted octanol–water partition coefficient (Wildman–Crippen LogP) is 7.73. The number of benzene rings is 3. The van der Waals surface area contributed by atoms with Gasteiger partial charge in [-0.3, -0.25) is 14.6 Å². The topological polar surface area (TPSA) is 67.3 Å². The van der Waals surface area contributed by atoms with E-state index >= 15 is 0 Å². The first-order valence-electron chi connectivity index (χ1n) is 14.1. The molecule has 2 atom stereocenters. The smallest absolute Gasteiger partial charge is 0.393 e. The van der Waals surface area contributed by atoms with E-state index in [1.807, 2.05) is 48.5 Å². The van der Waals surface area contributed by atoms with Crippen molar-refractivity contribution in [2.45, 2.75) is 57.2 Å². The second kappa shape index (κ2) is 14.7. The number of aromatic nitrogens is 1. The molecule has 4 rings (SSSR count). The molecule has 1 aromatic heterocycles. The number of aryl methyl sites for hydroxylation is 2. The van der Waals surface area contributed by atoms with E-state index in [0.717, 1.165) is 23.4 Å². The van der Waals surface area contributed by atoms with Gasteiger partial charge in [0.05, 0.1) is 11.7 Å². The lowest BCUT2D eigenvalue weighted by Gasteiger charge is -2.23. The molecule has 0 saturated heterocycles. The summed E-state index contributed by atoms with van der Waals surface area (Å²) >= 11 is 0. The molecule has 0 spiro atoms. The van der Waals surface area contributed by atoms with E-state index in [-0.39, 0.29) is 24.4 Å². The van der Waals surface area contributed by atoms with Crippen molar-refractivity contribution in [3.63, 3.8) is 0 Å². The first-order valence-corrected chi connectivity index (χ1v) is 14.1. The fraction of sp³-hybridized carbons (Fsp3) is 0.286. The molecule has 0 radical (unpaired) electrons. The van der Waals surface area contributed by atoms with Gasteiger partial charge in [-0.25, -0.2) is 0 Å². The summed E-state index contributed by atoms with van der Waals surface area (Å²) in [6, 6.07) is 27.0. The number of pyridine rings is 1. The molecule has 0 aliphatic carbocycles. The van der Waals surface area contributed by atoms with Crippen LogP contribution in [-0.2, 0) is 25.4 Å². The van der Waals surface area contributed by atoms with E-state index < -0.39 is 23.8 Å². The number of ketones is 2. The number of hydrogen-bond acceptors (Lipinski definition) is 4. The van der Waals surface area contributed by atoms with Crippen LogP contribution in [0.5, 0.6) is 0 Å². The lowest BCUT2D eigenvalue weighted by molar-refractivity contribution is -0.137. The van der Waals surface area contributed by atoms with E-state index in [1.165, 1.54) is 6.07 Å². The Hall–Kier alpha value is -4.10. The van der Waals surface area contributed by atoms with Gasteiger partial charge in [0, 0.05) is 35.9 Å². The van der Waals surface area contributed by atoms with E-state index in [1.54, 1.807) is 36.5 Å². The quantitative estimate of drug-likeness (QED) is 0.157. The summed E-state index contributed by atoms with van der Waals surface area (Å²) in [4.78, 5) is 30.5. The molecule has 0 fully saturated rings. The third-order valence-corrected chi connectivity index (χ3v) is 7.39. The van der Waals surface area contributed by atoms with Crippen LogP contribution in [0.1, 0.15) is 68.8 Å². The molecular formula is C35H34F3NO3. The van der Waals surface area contributed by atoms with Crippen molar-refractivity contribution in [2.24, 2.45) is 5.92 Å². The highest BCUT2D eigenvalue weighted by Gasteiger charge is 2.30. The zero-order chi connectivity index (χ0) is 30.0. The summed E-state index contributed by atoms with van der Waals surface area (Å²) in [5.74, 6) is -0.650. The van der Waals surface area contributed by atoms with E-state index in [0.29, 0.717) is 48.8 Å². The van der Waals surface area contributed by atoms with Crippen molar-refractivity contribution in [1.82, 2.24) is 4.98 Å². The third-order valence-electron chi connectivity index (χ3n) is 7.39. The number of nitrogens with zero attached hydrogens (tertiary/aromatic N) is 1. The zero-order valence-electron chi connectivity index (χ0n) is 23.3. The minimum atomic E-state index is -4.41. The van der Waals surface area contributed by atoms with Crippen molar-refractivity contribution in [2.75, 3.05) is 0 Å². The second-order valence-corrected chi connectivity index (χ2v) is 10.6. The first kappa shape index (κ1) is 30.8. The first-order chi connectivity index (χ1) is 20.2. The van der Waals surface area contributed by atoms with Gasteiger partial charge in [-0.15, -0.1) is 0 Å². The zero-order valence-corrected chi connectivity index (χ0v) is 23.3. The summed E-state index contributed by atoms with van der Waals surface area (Å²) in [5.41, 5.74) is 2.53. The molecular weight excluding hydrogens is 539 g/mol. The number of carbonyl (C=O) groups is 2. The highest BCUT2D eigenvalue weighted by Crippen LogP contribution is 2.30. The van der Waals surface area contributed by atoms with Gasteiger partial charge < -0.3 is 5.11 Å². The number of alkyl halides is 3. The number of aliphatic hydroxyl groups is 1. The Labute approximate surface area is 244 Å². The average molecular weight is 574 g/mol. The van der Waals surface area contributed by atoms with E-state index in [2.05, 4.69) is 4.98 Å². The highest BCUT2D eigenvalue weighted by atomic mass is 19.4. The fourth-order valence-corrected chi connectivity index (χ4v) is 5.07. The summed E-state index contributed by atoms with van der Waals surface area (Å²) in [5, 5.41) is 11.2. The van der Waals surface area contributed by atoms with Gasteiger partial charge in [-0.05, 0) is 73.4 Å². The number of carbonyl (C=O) groups excluding carboxylic acids is 2. The van der Waals surface area contributed by atoms with Crippen LogP contribution in [0.2, 0.25) is 0 Å². The lowest BCUT2D eigenvalue weighted by Crippen LogP contribution is -2.26. The summed E-state index contributed by atoms with van der Waals surface area (Å²) in [6.07, 6.45) is -1.03. The Morgan fingerprint density at radius 1 is 0.762 bits per heavy atom. The van der Waals surface area contributed by atoms with Gasteiger partial charge in [0.1, 0.15) is 0 Å². The van der Waals surface area contributed by atoms with Crippen LogP contribution in [0.4, 0.5) is 13.2 Å². The average Bonchev–Trinajstić information content (AvgIpc) is 3.00. The molecule has 3 aromatic carbocycles. The maximum atomic E-state index is 13.4. The Morgan fingerprint density at radius 3 is 2.17 bits per heavy atom. The van der Waals surface area contributed by atoms with Crippen LogP contribution in [0.15, 0.2) is 103 Å². The minimum absolute atomic E-state index is 0.0746. The maximum Gasteiger partial charge on any atom is 0.416 e. The number of hydrogen-bond donors (Lipinski definition) is 1. The van der Waals surface area contributed by atoms with Gasteiger partial charge in [-0.2, -0.15) is 13.2 Å². The van der Waals surface area contributed by atoms with Crippen molar-refractivity contribution < 1.29 is 27.9 Å². The van der Waals surface area contributed by atoms with Gasteiger partial charge >= 0.3 is 6.18 Å². The van der Waals surface area contributed by atoms with Crippen molar-refractivity contribution >= 4 is 11.6 Å². The van der Waals surface area contributed by atoms with E-state index in [4.69, 9.17) is 0 Å². The molecule has 218 valence electrons. The van der Waals surface area contributed by atoms with Crippen LogP contribution >= 0.6 is 0 Å². The van der Waals surface area contributed by atoms with E-state index in [9.17, 15) is 27.9 Å². The Kier molecular flexibility index (Phi) is 10.8. The number of aliphatic hydroxyl groups excluding tert-OH is 1. The SMILES string of the molecule is O=C(CCc1ccccn1)c1cccc(C(=O)C[C@@H](Cc2ccccc2)[C@H](O)CCCc2cccc(C(F)(F)F)c2)c1. The standard InChI is InChI=1S/C35H34F3NO3/c36-35(37,38)30-15-6-11-26(22-30)12-7-17-32(40)29(21-25-9-2-1-3-10-25)24-34(42)28-14-8-13-27(23-28)33(41)19-18-31-16-4-5-20-39-31/h1-6,8-11,13-16,20,22-23,29,32,40H,7,12,17-19,21,24H2/t29-,32-/m1/s1. The van der Waals surface area contributed by atoms with Crippen LogP contribution in [0.25, 0.3) is 0 Å². The molecule has 7 heteroatoms. The Balaban J connectivity index is 1.40. The number of rotatable bonds is 14. The monoisotopic (exact) mass is 573 g/mol. The van der Waals surface area contributed by atoms with Crippen molar-refractivity contribution in [1.29, 1.82) is 0 Å². The van der Waals surface area contributed by atoms with Gasteiger partial charge in [0.15, 0.2) is 11.6 Å². The van der Waals surface area contributed by atoms with Crippen LogP contribution in [0.3, 0.4) is 0 Å². The minimum Gasteiger partial charge on any atom is -0.393 e. The summed E-state index contributed by atoms with van der Waals surface area (Å²) in [6.45, 7) is 0. The molecule has 1 N–H and O–H groups in total. The molecule has 4 nitrogen and oxygen atoms in total. The number of halogens is 3.